The maximum Gasteiger partial charge on any atom is 0.258 e. The summed E-state index contributed by atoms with van der Waals surface area (Å²) < 4.78 is 0.622. The van der Waals surface area contributed by atoms with Gasteiger partial charge < -0.3 is 10.6 Å². The molecule has 0 saturated heterocycles. The van der Waals surface area contributed by atoms with Crippen LogP contribution in [0.2, 0.25) is 0 Å². The summed E-state index contributed by atoms with van der Waals surface area (Å²) in [6.45, 7) is 1.94. The Morgan fingerprint density at radius 2 is 2.05 bits per heavy atom. The van der Waals surface area contributed by atoms with Crippen molar-refractivity contribution in [2.45, 2.75) is 6.92 Å². The second-order valence-corrected chi connectivity index (χ2v) is 4.79. The minimum atomic E-state index is -0.218. The highest BCUT2D eigenvalue weighted by Gasteiger charge is 2.11. The Kier molecular flexibility index (Phi) is 4.11. The molecule has 5 nitrogen and oxygen atoms in total. The van der Waals surface area contributed by atoms with Gasteiger partial charge in [-0.25, -0.2) is 9.97 Å². The van der Waals surface area contributed by atoms with Crippen molar-refractivity contribution in [1.29, 1.82) is 0 Å². The van der Waals surface area contributed by atoms with Gasteiger partial charge in [0, 0.05) is 12.7 Å². The molecular formula is C13H13BrN4O. The molecule has 1 amide bonds. The van der Waals surface area contributed by atoms with Crippen LogP contribution in [0.5, 0.6) is 0 Å². The van der Waals surface area contributed by atoms with E-state index in [1.807, 2.05) is 25.1 Å². The van der Waals surface area contributed by atoms with Crippen LogP contribution < -0.4 is 10.6 Å². The zero-order chi connectivity index (χ0) is 13.8. The Hall–Kier alpha value is -1.95. The van der Waals surface area contributed by atoms with Gasteiger partial charge in [-0.2, -0.15) is 0 Å². The van der Waals surface area contributed by atoms with Crippen LogP contribution in [-0.4, -0.2) is 22.9 Å². The zero-order valence-electron chi connectivity index (χ0n) is 10.6. The largest absolute Gasteiger partial charge is 0.387 e. The molecule has 0 saturated carbocycles. The van der Waals surface area contributed by atoms with Gasteiger partial charge in [-0.05, 0) is 35.0 Å². The number of nitrogens with zero attached hydrogens (tertiary/aromatic N) is 2. The maximum absolute atomic E-state index is 12.2. The van der Waals surface area contributed by atoms with Gasteiger partial charge in [-0.1, -0.05) is 11.6 Å². The first-order chi connectivity index (χ1) is 9.10. The number of anilines is 2. The molecular weight excluding hydrogens is 308 g/mol. The van der Waals surface area contributed by atoms with Crippen molar-refractivity contribution in [3.63, 3.8) is 0 Å². The molecule has 0 radical (unpaired) electrons. The summed E-state index contributed by atoms with van der Waals surface area (Å²) in [5, 5.41) is 5.71. The summed E-state index contributed by atoms with van der Waals surface area (Å²) in [6.07, 6.45) is 3.03. The lowest BCUT2D eigenvalue weighted by molar-refractivity contribution is 0.102. The molecule has 0 aliphatic carbocycles. The fourth-order valence-corrected chi connectivity index (χ4v) is 1.83. The quantitative estimate of drug-likeness (QED) is 0.912. The van der Waals surface area contributed by atoms with Gasteiger partial charge in [0.05, 0.1) is 18.0 Å². The number of halogens is 1. The van der Waals surface area contributed by atoms with E-state index in [-0.39, 0.29) is 5.91 Å². The van der Waals surface area contributed by atoms with Gasteiger partial charge in [0.2, 0.25) is 0 Å². The number of hydrogen-bond acceptors (Lipinski definition) is 4. The van der Waals surface area contributed by atoms with E-state index < -0.39 is 0 Å². The third kappa shape index (κ3) is 3.29. The smallest absolute Gasteiger partial charge is 0.258 e. The Morgan fingerprint density at radius 3 is 2.68 bits per heavy atom. The fourth-order valence-electron chi connectivity index (χ4n) is 1.62. The molecule has 98 valence electrons. The molecule has 0 spiro atoms. The predicted octanol–water partition coefficient (Wildman–Crippen LogP) is 2.84. The third-order valence-electron chi connectivity index (χ3n) is 2.55. The molecule has 0 bridgehead atoms. The summed E-state index contributed by atoms with van der Waals surface area (Å²) >= 11 is 3.19. The summed E-state index contributed by atoms with van der Waals surface area (Å²) in [4.78, 5) is 20.3. The Labute approximate surface area is 119 Å². The molecule has 1 heterocycles. The first-order valence-electron chi connectivity index (χ1n) is 5.67. The number of hydrogen-bond donors (Lipinski definition) is 2. The van der Waals surface area contributed by atoms with Gasteiger partial charge in [-0.3, -0.25) is 4.79 Å². The number of nitrogens with one attached hydrogen (secondary N) is 2. The van der Waals surface area contributed by atoms with Crippen molar-refractivity contribution >= 4 is 33.3 Å². The first-order valence-corrected chi connectivity index (χ1v) is 6.47. The molecule has 0 unspecified atom stereocenters. The van der Waals surface area contributed by atoms with Crippen molar-refractivity contribution in [1.82, 2.24) is 9.97 Å². The molecule has 2 rings (SSSR count). The number of amides is 1. The topological polar surface area (TPSA) is 66.9 Å². The first kappa shape index (κ1) is 13.5. The molecule has 0 aliphatic rings. The Morgan fingerprint density at radius 1 is 1.26 bits per heavy atom. The third-order valence-corrected chi connectivity index (χ3v) is 2.96. The van der Waals surface area contributed by atoms with Crippen molar-refractivity contribution in [3.8, 4) is 0 Å². The maximum atomic E-state index is 12.2. The standard InChI is InChI=1S/C13H13BrN4O/c1-8-3-4-10(15-2)9(5-8)13(19)18-12-7-16-11(14)6-17-12/h3-7,15H,1-2H3,(H,17,18,19). The lowest BCUT2D eigenvalue weighted by Crippen LogP contribution is -2.15. The van der Waals surface area contributed by atoms with Crippen LogP contribution in [0.3, 0.4) is 0 Å². The molecule has 0 aliphatic heterocycles. The Balaban J connectivity index is 2.24. The summed E-state index contributed by atoms with van der Waals surface area (Å²) in [7, 11) is 1.78. The number of carbonyl (C=O) groups is 1. The molecule has 1 aromatic carbocycles. The van der Waals surface area contributed by atoms with E-state index in [0.717, 1.165) is 11.3 Å². The van der Waals surface area contributed by atoms with Crippen molar-refractivity contribution in [3.05, 3.63) is 46.3 Å². The SMILES string of the molecule is CNc1ccc(C)cc1C(=O)Nc1cnc(Br)cn1. The fraction of sp³-hybridized carbons (Fsp3) is 0.154. The average molecular weight is 321 g/mol. The van der Waals surface area contributed by atoms with E-state index in [2.05, 4.69) is 36.5 Å². The van der Waals surface area contributed by atoms with Crippen LogP contribution in [0.1, 0.15) is 15.9 Å². The van der Waals surface area contributed by atoms with Gasteiger partial charge in [-0.15, -0.1) is 0 Å². The highest BCUT2D eigenvalue weighted by Crippen LogP contribution is 2.18. The van der Waals surface area contributed by atoms with Crippen LogP contribution in [0.15, 0.2) is 35.2 Å². The molecule has 0 atom stereocenters. The molecule has 2 aromatic rings. The van der Waals surface area contributed by atoms with Crippen LogP contribution in [0, 0.1) is 6.92 Å². The number of benzene rings is 1. The predicted molar refractivity (Wildman–Crippen MR) is 78.4 cm³/mol. The van der Waals surface area contributed by atoms with Crippen LogP contribution in [0.4, 0.5) is 11.5 Å². The molecule has 0 fully saturated rings. The highest BCUT2D eigenvalue weighted by molar-refractivity contribution is 9.10. The zero-order valence-corrected chi connectivity index (χ0v) is 12.2. The van der Waals surface area contributed by atoms with Crippen LogP contribution in [-0.2, 0) is 0 Å². The van der Waals surface area contributed by atoms with Crippen LogP contribution in [0.25, 0.3) is 0 Å². The summed E-state index contributed by atoms with van der Waals surface area (Å²) in [6, 6.07) is 5.65. The lowest BCUT2D eigenvalue weighted by atomic mass is 10.1. The second kappa shape index (κ2) is 5.79. The number of aromatic nitrogens is 2. The van der Waals surface area contributed by atoms with Crippen LogP contribution >= 0.6 is 15.9 Å². The van der Waals surface area contributed by atoms with Gasteiger partial charge in [0.1, 0.15) is 4.60 Å². The van der Waals surface area contributed by atoms with E-state index in [9.17, 15) is 4.79 Å². The average Bonchev–Trinajstić information content (AvgIpc) is 2.41. The summed E-state index contributed by atoms with van der Waals surface area (Å²) in [5.41, 5.74) is 2.37. The minimum Gasteiger partial charge on any atom is -0.387 e. The highest BCUT2D eigenvalue weighted by atomic mass is 79.9. The van der Waals surface area contributed by atoms with E-state index in [1.54, 1.807) is 7.05 Å². The van der Waals surface area contributed by atoms with E-state index in [1.165, 1.54) is 12.4 Å². The monoisotopic (exact) mass is 320 g/mol. The lowest BCUT2D eigenvalue weighted by Gasteiger charge is -2.10. The van der Waals surface area contributed by atoms with E-state index >= 15 is 0 Å². The van der Waals surface area contributed by atoms with Gasteiger partial charge in [0.25, 0.3) is 5.91 Å². The number of carbonyl (C=O) groups excluding carboxylic acids is 1. The summed E-state index contributed by atoms with van der Waals surface area (Å²) in [5.74, 6) is 0.196. The number of aryl methyl sites for hydroxylation is 1. The second-order valence-electron chi connectivity index (χ2n) is 3.98. The Bertz CT molecular complexity index is 598. The normalized spacial score (nSPS) is 10.1. The van der Waals surface area contributed by atoms with E-state index in [4.69, 9.17) is 0 Å². The number of rotatable bonds is 3. The van der Waals surface area contributed by atoms with Gasteiger partial charge in [0.15, 0.2) is 5.82 Å². The molecule has 6 heteroatoms. The minimum absolute atomic E-state index is 0.218. The molecule has 1 aromatic heterocycles. The van der Waals surface area contributed by atoms with Gasteiger partial charge >= 0.3 is 0 Å². The van der Waals surface area contributed by atoms with E-state index in [0.29, 0.717) is 16.0 Å². The molecule has 19 heavy (non-hydrogen) atoms. The van der Waals surface area contributed by atoms with Crippen molar-refractivity contribution in [2.24, 2.45) is 0 Å². The van der Waals surface area contributed by atoms with Crippen molar-refractivity contribution in [2.75, 3.05) is 17.7 Å². The van der Waals surface area contributed by atoms with Crippen molar-refractivity contribution < 1.29 is 4.79 Å². The molecule has 2 N–H and O–H groups in total.